The molecular weight excluding hydrogens is 1060 g/mol. The van der Waals surface area contributed by atoms with Gasteiger partial charge in [-0.15, -0.1) is 9.05 Å². The van der Waals surface area contributed by atoms with Gasteiger partial charge in [0.1, 0.15) is 0 Å². The Bertz CT molecular complexity index is 649. The van der Waals surface area contributed by atoms with Gasteiger partial charge < -0.3 is 0 Å². The molecule has 0 aliphatic rings. The Hall–Kier alpha value is 0.0200. The number of hydrogen-bond acceptors (Lipinski definition) is 3. The summed E-state index contributed by atoms with van der Waals surface area (Å²) in [5.41, 5.74) is 0. The quantitative estimate of drug-likeness (QED) is 0.0450. The molecule has 0 N–H and O–H groups in total. The smallest absolute Gasteiger partial charge is 0.122 e. The van der Waals surface area contributed by atoms with E-state index in [-0.39, 0.29) is 0 Å². The molecule has 0 spiro atoms. The van der Waals surface area contributed by atoms with Crippen LogP contribution >= 0.6 is 8.25 Å². The van der Waals surface area contributed by atoms with Crippen molar-refractivity contribution in [3.05, 3.63) is 0 Å². The van der Waals surface area contributed by atoms with Crippen LogP contribution in [0, 0.1) is 0 Å². The molecule has 0 heterocycles. The normalized spacial score (nSPS) is 10.1. The summed E-state index contributed by atoms with van der Waals surface area (Å²) in [4.78, 5) is 0. The summed E-state index contributed by atoms with van der Waals surface area (Å²) >= 11 is 0. The highest BCUT2D eigenvalue weighted by Crippen LogP contribution is 2.18. The molecule has 86 heavy (non-hydrogen) atoms. The van der Waals surface area contributed by atoms with Crippen LogP contribution in [0.25, 0.3) is 0 Å². The molecule has 0 rings (SSSR count). The SMILES string of the molecule is CCCCCCCCCC.CCCCCCCCCC.CCCCCCCCCC.CCCCCCCCCC.CCCCCCCCCC.CCCCCCCCCC.CCCCCCCCCC.CCCCCCCCCC.CO[P+](=O)OC. The highest BCUT2D eigenvalue weighted by atomic mass is 31.1. The van der Waals surface area contributed by atoms with E-state index in [9.17, 15) is 4.57 Å². The van der Waals surface area contributed by atoms with Gasteiger partial charge in [-0.05, 0) is 0 Å². The van der Waals surface area contributed by atoms with Crippen molar-refractivity contribution in [2.75, 3.05) is 14.2 Å². The zero-order chi connectivity index (χ0) is 66.2. The second-order valence-corrected chi connectivity index (χ2v) is 26.7. The van der Waals surface area contributed by atoms with Gasteiger partial charge in [-0.3, -0.25) is 0 Å². The summed E-state index contributed by atoms with van der Waals surface area (Å²) in [6.07, 6.45) is 91.7. The van der Waals surface area contributed by atoms with Crippen molar-refractivity contribution in [2.45, 2.75) is 522 Å². The molecule has 0 radical (unpaired) electrons. The van der Waals surface area contributed by atoms with E-state index < -0.39 is 8.25 Å². The average molecular weight is 1250 g/mol. The molecule has 0 saturated heterocycles. The van der Waals surface area contributed by atoms with Gasteiger partial charge in [-0.1, -0.05) is 522 Å². The van der Waals surface area contributed by atoms with Crippen LogP contribution in [0.5, 0.6) is 0 Å². The van der Waals surface area contributed by atoms with Gasteiger partial charge in [-0.2, -0.15) is 0 Å². The Kier molecular flexibility index (Phi) is 154. The largest absolute Gasteiger partial charge is 0.696 e. The summed E-state index contributed by atoms with van der Waals surface area (Å²) in [5.74, 6) is 0. The zero-order valence-electron chi connectivity index (χ0n) is 64.9. The van der Waals surface area contributed by atoms with E-state index >= 15 is 0 Å². The fourth-order valence-corrected chi connectivity index (χ4v) is 9.88. The maximum atomic E-state index is 9.88. The summed E-state index contributed by atoms with van der Waals surface area (Å²) in [5, 5.41) is 0. The molecule has 0 bridgehead atoms. The van der Waals surface area contributed by atoms with Gasteiger partial charge in [0.15, 0.2) is 0 Å². The number of rotatable bonds is 58. The van der Waals surface area contributed by atoms with Gasteiger partial charge in [0.05, 0.1) is 14.2 Å². The van der Waals surface area contributed by atoms with Gasteiger partial charge in [0.2, 0.25) is 0 Å². The molecule has 0 aromatic heterocycles. The van der Waals surface area contributed by atoms with Crippen molar-refractivity contribution < 1.29 is 13.6 Å². The van der Waals surface area contributed by atoms with Crippen LogP contribution in [-0.2, 0) is 13.6 Å². The van der Waals surface area contributed by atoms with Gasteiger partial charge in [0.25, 0.3) is 0 Å². The van der Waals surface area contributed by atoms with E-state index in [1.807, 2.05) is 0 Å². The lowest BCUT2D eigenvalue weighted by molar-refractivity contribution is 0.302. The third kappa shape index (κ3) is 161. The molecule has 4 heteroatoms. The second kappa shape index (κ2) is 126. The van der Waals surface area contributed by atoms with Crippen LogP contribution in [0.3, 0.4) is 0 Å². The van der Waals surface area contributed by atoms with Crippen LogP contribution in [0.15, 0.2) is 0 Å². The molecule has 0 aromatic rings. The van der Waals surface area contributed by atoms with E-state index in [1.54, 1.807) is 0 Å². The molecule has 0 aliphatic carbocycles. The maximum Gasteiger partial charge on any atom is 0.696 e. The van der Waals surface area contributed by atoms with E-state index in [0.29, 0.717) is 0 Å². The Balaban J connectivity index is -0.000000111. The Morgan fingerprint density at radius 2 is 0.198 bits per heavy atom. The van der Waals surface area contributed by atoms with Crippen molar-refractivity contribution in [1.29, 1.82) is 0 Å². The van der Waals surface area contributed by atoms with Crippen LogP contribution in [-0.4, -0.2) is 14.2 Å². The van der Waals surface area contributed by atoms with E-state index in [0.717, 1.165) is 0 Å². The second-order valence-electron chi connectivity index (χ2n) is 25.6. The fourth-order valence-electron chi connectivity index (χ4n) is 9.73. The first-order chi connectivity index (χ1) is 42.1. The highest BCUT2D eigenvalue weighted by molar-refractivity contribution is 7.33. The molecular formula is C82H182O3P+. The lowest BCUT2D eigenvalue weighted by Gasteiger charge is -1.97. The zero-order valence-corrected chi connectivity index (χ0v) is 65.8. The van der Waals surface area contributed by atoms with Crippen molar-refractivity contribution in [3.8, 4) is 0 Å². The first-order valence-corrected chi connectivity index (χ1v) is 41.8. The van der Waals surface area contributed by atoms with E-state index in [4.69, 9.17) is 0 Å². The summed E-state index contributed by atoms with van der Waals surface area (Å²) in [6.45, 7) is 36.3. The molecule has 0 fully saturated rings. The van der Waals surface area contributed by atoms with Crippen molar-refractivity contribution in [1.82, 2.24) is 0 Å². The van der Waals surface area contributed by atoms with Gasteiger partial charge in [0, 0.05) is 4.57 Å². The van der Waals surface area contributed by atoms with Gasteiger partial charge in [-0.25, -0.2) is 0 Å². The van der Waals surface area contributed by atoms with Crippen molar-refractivity contribution >= 4 is 8.25 Å². The van der Waals surface area contributed by atoms with E-state index in [1.165, 1.54) is 425 Å². The Morgan fingerprint density at radius 1 is 0.140 bits per heavy atom. The summed E-state index contributed by atoms with van der Waals surface area (Å²) in [7, 11) is 0.817. The average Bonchev–Trinajstić information content (AvgIpc) is 3.53. The molecule has 0 saturated carbocycles. The molecule has 3 nitrogen and oxygen atoms in total. The fraction of sp³-hybridized carbons (Fsp3) is 1.00. The van der Waals surface area contributed by atoms with E-state index in [2.05, 4.69) is 120 Å². The van der Waals surface area contributed by atoms with Crippen LogP contribution in [0.4, 0.5) is 0 Å². The monoisotopic (exact) mass is 1250 g/mol. The van der Waals surface area contributed by atoms with Crippen molar-refractivity contribution in [3.63, 3.8) is 0 Å². The predicted octanol–water partition coefficient (Wildman–Crippen LogP) is 34.1. The molecule has 0 amide bonds. The van der Waals surface area contributed by atoms with Crippen LogP contribution in [0.1, 0.15) is 522 Å². The third-order valence-corrected chi connectivity index (χ3v) is 16.6. The topological polar surface area (TPSA) is 35.5 Å². The predicted molar refractivity (Wildman–Crippen MR) is 408 cm³/mol. The first kappa shape index (κ1) is 105. The minimum absolute atomic E-state index is 1.32. The minimum Gasteiger partial charge on any atom is -0.122 e. The molecule has 0 aliphatic heterocycles. The number of unbranched alkanes of at least 4 members (excludes halogenated alkanes) is 56. The lowest BCUT2D eigenvalue weighted by Crippen LogP contribution is -1.77. The summed E-state index contributed by atoms with van der Waals surface area (Å²) < 4.78 is 18.3. The first-order valence-electron chi connectivity index (χ1n) is 40.7. The van der Waals surface area contributed by atoms with Crippen LogP contribution in [0.2, 0.25) is 0 Å². The number of hydrogen-bond donors (Lipinski definition) is 0. The summed E-state index contributed by atoms with van der Waals surface area (Å²) in [6, 6.07) is 0. The van der Waals surface area contributed by atoms with Crippen LogP contribution < -0.4 is 0 Å². The molecule has 0 unspecified atom stereocenters. The third-order valence-electron chi connectivity index (χ3n) is 16.0. The maximum absolute atomic E-state index is 9.88. The Morgan fingerprint density at radius 3 is 0.233 bits per heavy atom. The molecule has 0 atom stereocenters. The molecule has 0 aromatic carbocycles. The lowest BCUT2D eigenvalue weighted by atomic mass is 10.1. The highest BCUT2D eigenvalue weighted by Gasteiger charge is 2.10. The molecule has 532 valence electrons. The van der Waals surface area contributed by atoms with Crippen molar-refractivity contribution in [2.24, 2.45) is 0 Å². The Labute approximate surface area is 554 Å². The standard InChI is InChI=1S/8C10H22.C2H6O3P/c8*1-3-5-7-9-10-8-6-4-2;1-4-6(3)5-2/h8*3-10H2,1-2H3;1-2H3/q;;;;;;;;+1. The minimum atomic E-state index is -1.83. The van der Waals surface area contributed by atoms with Gasteiger partial charge >= 0.3 is 8.25 Å².